The molecular weight excluding hydrogens is 853 g/mol. The number of aliphatic hydroxyl groups excluding tert-OH is 4. The smallest absolute Gasteiger partial charge is 0.306 e. The van der Waals surface area contributed by atoms with E-state index in [1.807, 2.05) is 0 Å². The quantitative estimate of drug-likeness (QED) is 0.0267. The second kappa shape index (κ2) is 50.6. The molecule has 0 amide bonds. The highest BCUT2D eigenvalue weighted by atomic mass is 16.7. The molecule has 0 aromatic rings. The van der Waals surface area contributed by atoms with Gasteiger partial charge in [0.05, 0.1) is 19.8 Å². The highest BCUT2D eigenvalue weighted by Crippen LogP contribution is 2.23. The van der Waals surface area contributed by atoms with E-state index in [1.54, 1.807) is 0 Å². The monoisotopic (exact) mass is 965 g/mol. The van der Waals surface area contributed by atoms with Gasteiger partial charge in [-0.15, -0.1) is 0 Å². The number of carbonyl (C=O) groups is 1. The Morgan fingerprint density at radius 2 is 0.853 bits per heavy atom. The fourth-order valence-electron chi connectivity index (χ4n) is 9.29. The predicted molar refractivity (Wildman–Crippen MR) is 284 cm³/mol. The van der Waals surface area contributed by atoms with Crippen LogP contribution in [-0.4, -0.2) is 89.6 Å². The van der Waals surface area contributed by atoms with Crippen LogP contribution in [0.5, 0.6) is 0 Å². The van der Waals surface area contributed by atoms with Crippen molar-refractivity contribution in [1.29, 1.82) is 0 Å². The lowest BCUT2D eigenvalue weighted by molar-refractivity contribution is -0.305. The number of hydrogen-bond donors (Lipinski definition) is 4. The van der Waals surface area contributed by atoms with Crippen molar-refractivity contribution in [3.8, 4) is 0 Å². The number of rotatable bonds is 52. The first kappa shape index (κ1) is 64.7. The van der Waals surface area contributed by atoms with Gasteiger partial charge in [0.2, 0.25) is 0 Å². The second-order valence-electron chi connectivity index (χ2n) is 20.5. The van der Waals surface area contributed by atoms with Crippen molar-refractivity contribution in [3.05, 3.63) is 24.3 Å². The molecule has 1 fully saturated rings. The van der Waals surface area contributed by atoms with Crippen LogP contribution in [0.15, 0.2) is 24.3 Å². The molecule has 1 heterocycles. The standard InChI is InChI=1S/C59H112O9/c1-3-5-7-9-11-13-15-17-19-21-23-24-25-26-27-28-29-31-33-35-37-39-41-43-45-47-49-65-51-53(52-66-59-58(64)57(63)56(62)54(50-60)68-59)67-55(61)48-46-44-42-40-38-36-34-32-30-22-20-18-16-14-12-10-8-6-4-2/h12,14,18,20,53-54,56-60,62-64H,3-11,13,15-17,19,21-52H2,1-2H3/b14-12-,20-18-. The Hall–Kier alpha value is -1.33. The Morgan fingerprint density at radius 3 is 1.29 bits per heavy atom. The molecule has 1 rings (SSSR count). The summed E-state index contributed by atoms with van der Waals surface area (Å²) < 4.78 is 23.0. The summed E-state index contributed by atoms with van der Waals surface area (Å²) in [5.41, 5.74) is 0. The molecule has 0 aromatic carbocycles. The lowest BCUT2D eigenvalue weighted by atomic mass is 9.99. The molecule has 0 radical (unpaired) electrons. The number of allylic oxidation sites excluding steroid dienone is 4. The molecule has 68 heavy (non-hydrogen) atoms. The van der Waals surface area contributed by atoms with Crippen LogP contribution in [0.3, 0.4) is 0 Å². The van der Waals surface area contributed by atoms with Crippen molar-refractivity contribution in [3.63, 3.8) is 0 Å². The number of esters is 1. The molecule has 0 bridgehead atoms. The third-order valence-corrected chi connectivity index (χ3v) is 13.9. The van der Waals surface area contributed by atoms with Crippen molar-refractivity contribution in [2.75, 3.05) is 26.4 Å². The molecule has 6 unspecified atom stereocenters. The van der Waals surface area contributed by atoms with Crippen LogP contribution in [0, 0.1) is 0 Å². The van der Waals surface area contributed by atoms with Crippen molar-refractivity contribution in [2.24, 2.45) is 0 Å². The fourth-order valence-corrected chi connectivity index (χ4v) is 9.29. The van der Waals surface area contributed by atoms with Gasteiger partial charge in [0.15, 0.2) is 6.29 Å². The Morgan fingerprint density at radius 1 is 0.471 bits per heavy atom. The van der Waals surface area contributed by atoms with Gasteiger partial charge in [-0.05, 0) is 44.9 Å². The number of ether oxygens (including phenoxy) is 4. The average molecular weight is 966 g/mol. The van der Waals surface area contributed by atoms with Gasteiger partial charge in [0.25, 0.3) is 0 Å². The minimum Gasteiger partial charge on any atom is -0.457 e. The maximum absolute atomic E-state index is 12.9. The molecule has 0 saturated carbocycles. The van der Waals surface area contributed by atoms with Gasteiger partial charge in [0.1, 0.15) is 30.5 Å². The topological polar surface area (TPSA) is 135 Å². The van der Waals surface area contributed by atoms with Crippen LogP contribution in [0.1, 0.15) is 284 Å². The number of hydrogen-bond acceptors (Lipinski definition) is 9. The largest absolute Gasteiger partial charge is 0.457 e. The zero-order valence-corrected chi connectivity index (χ0v) is 44.6. The van der Waals surface area contributed by atoms with Gasteiger partial charge in [-0.1, -0.05) is 256 Å². The van der Waals surface area contributed by atoms with Crippen molar-refractivity contribution >= 4 is 5.97 Å². The van der Waals surface area contributed by atoms with E-state index in [-0.39, 0.29) is 19.2 Å². The third kappa shape index (κ3) is 40.3. The summed E-state index contributed by atoms with van der Waals surface area (Å²) >= 11 is 0. The van der Waals surface area contributed by atoms with Gasteiger partial charge in [-0.2, -0.15) is 0 Å². The second-order valence-corrected chi connectivity index (χ2v) is 20.5. The lowest BCUT2D eigenvalue weighted by Gasteiger charge is -2.39. The van der Waals surface area contributed by atoms with Crippen molar-refractivity contribution in [2.45, 2.75) is 320 Å². The number of carbonyl (C=O) groups excluding carboxylic acids is 1. The highest BCUT2D eigenvalue weighted by molar-refractivity contribution is 5.69. The van der Waals surface area contributed by atoms with Crippen LogP contribution in [0.2, 0.25) is 0 Å². The van der Waals surface area contributed by atoms with Crippen LogP contribution in [0.25, 0.3) is 0 Å². The van der Waals surface area contributed by atoms with Crippen LogP contribution < -0.4 is 0 Å². The Kier molecular flexibility index (Phi) is 48.1. The first-order valence-electron chi connectivity index (χ1n) is 29.4. The van der Waals surface area contributed by atoms with E-state index in [0.29, 0.717) is 13.0 Å². The van der Waals surface area contributed by atoms with E-state index in [4.69, 9.17) is 18.9 Å². The van der Waals surface area contributed by atoms with Crippen LogP contribution >= 0.6 is 0 Å². The zero-order chi connectivity index (χ0) is 49.2. The molecule has 1 aliphatic rings. The van der Waals surface area contributed by atoms with E-state index in [9.17, 15) is 25.2 Å². The lowest BCUT2D eigenvalue weighted by Crippen LogP contribution is -2.59. The summed E-state index contributed by atoms with van der Waals surface area (Å²) in [6.45, 7) is 4.59. The molecular formula is C59H112O9. The molecule has 9 nitrogen and oxygen atoms in total. The third-order valence-electron chi connectivity index (χ3n) is 13.9. The summed E-state index contributed by atoms with van der Waals surface area (Å²) in [6.07, 6.45) is 55.2. The molecule has 0 spiro atoms. The normalized spacial score (nSPS) is 19.2. The molecule has 1 saturated heterocycles. The first-order valence-corrected chi connectivity index (χ1v) is 29.4. The SMILES string of the molecule is CCCCC/C=C\C/C=C\CCCCCCCCCCCC(=O)OC(COCCCCCCCCCCCCCCCCCCCCCCCCCCCC)COC1OC(CO)C(O)C(O)C1O. The van der Waals surface area contributed by atoms with E-state index >= 15 is 0 Å². The summed E-state index contributed by atoms with van der Waals surface area (Å²) in [7, 11) is 0. The van der Waals surface area contributed by atoms with Gasteiger partial charge in [-0.3, -0.25) is 4.79 Å². The fraction of sp³-hybridized carbons (Fsp3) is 0.915. The Balaban J connectivity index is 2.12. The van der Waals surface area contributed by atoms with Crippen LogP contribution in [0.4, 0.5) is 0 Å². The highest BCUT2D eigenvalue weighted by Gasteiger charge is 2.44. The van der Waals surface area contributed by atoms with Crippen LogP contribution in [-0.2, 0) is 23.7 Å². The molecule has 0 aromatic heterocycles. The summed E-state index contributed by atoms with van der Waals surface area (Å²) in [5.74, 6) is -0.312. The van der Waals surface area contributed by atoms with E-state index in [1.165, 1.54) is 225 Å². The van der Waals surface area contributed by atoms with Crippen molar-refractivity contribution < 1.29 is 44.2 Å². The number of unbranched alkanes of at least 4 members (excludes halogenated alkanes) is 37. The molecule has 9 heteroatoms. The minimum atomic E-state index is -1.54. The van der Waals surface area contributed by atoms with Gasteiger partial charge in [0, 0.05) is 13.0 Å². The van der Waals surface area contributed by atoms with E-state index < -0.39 is 43.4 Å². The van der Waals surface area contributed by atoms with Crippen molar-refractivity contribution in [1.82, 2.24) is 0 Å². The predicted octanol–water partition coefficient (Wildman–Crippen LogP) is 15.3. The first-order chi connectivity index (χ1) is 33.4. The summed E-state index contributed by atoms with van der Waals surface area (Å²) in [6, 6.07) is 0. The molecule has 4 N–H and O–H groups in total. The van der Waals surface area contributed by atoms with E-state index in [2.05, 4.69) is 38.2 Å². The Bertz CT molecular complexity index is 1100. The molecule has 0 aliphatic carbocycles. The van der Waals surface area contributed by atoms with E-state index in [0.717, 1.165) is 38.5 Å². The number of aliphatic hydroxyl groups is 4. The summed E-state index contributed by atoms with van der Waals surface area (Å²) in [5, 5.41) is 40.3. The minimum absolute atomic E-state index is 0.110. The molecule has 6 atom stereocenters. The summed E-state index contributed by atoms with van der Waals surface area (Å²) in [4.78, 5) is 12.9. The maximum atomic E-state index is 12.9. The maximum Gasteiger partial charge on any atom is 0.306 e. The average Bonchev–Trinajstić information content (AvgIpc) is 3.34. The van der Waals surface area contributed by atoms with Gasteiger partial charge in [-0.25, -0.2) is 0 Å². The van der Waals surface area contributed by atoms with Gasteiger partial charge >= 0.3 is 5.97 Å². The zero-order valence-electron chi connectivity index (χ0n) is 44.6. The molecule has 1 aliphatic heterocycles. The molecule has 402 valence electrons. The van der Waals surface area contributed by atoms with Gasteiger partial charge < -0.3 is 39.4 Å². The Labute approximate surface area is 419 Å².